The lowest BCUT2D eigenvalue weighted by atomic mass is 10.4. The van der Waals surface area contributed by atoms with Crippen molar-refractivity contribution in [3.05, 3.63) is 22.6 Å². The molecule has 0 aliphatic heterocycles. The first-order valence-corrected chi connectivity index (χ1v) is 8.01. The minimum Gasteiger partial charge on any atom is -0.381 e. The van der Waals surface area contributed by atoms with E-state index in [1.807, 2.05) is 0 Å². The van der Waals surface area contributed by atoms with E-state index in [-0.39, 0.29) is 11.3 Å². The Morgan fingerprint density at radius 3 is 2.78 bits per heavy atom. The zero-order chi connectivity index (χ0) is 13.2. The highest BCUT2D eigenvalue weighted by molar-refractivity contribution is 7.90. The second-order valence-corrected chi connectivity index (χ2v) is 6.97. The van der Waals surface area contributed by atoms with E-state index in [0.717, 1.165) is 18.5 Å². The van der Waals surface area contributed by atoms with Crippen molar-refractivity contribution in [3.8, 4) is 0 Å². The molecule has 100 valence electrons. The van der Waals surface area contributed by atoms with E-state index in [4.69, 9.17) is 0 Å². The van der Waals surface area contributed by atoms with Crippen molar-refractivity contribution in [2.45, 2.75) is 31.8 Å². The van der Waals surface area contributed by atoms with Gasteiger partial charge in [-0.05, 0) is 19.3 Å². The van der Waals surface area contributed by atoms with E-state index in [0.29, 0.717) is 19.0 Å². The molecule has 7 heteroatoms. The third kappa shape index (κ3) is 4.14. The van der Waals surface area contributed by atoms with E-state index < -0.39 is 9.84 Å². The first-order valence-electron chi connectivity index (χ1n) is 5.95. The molecule has 1 aromatic rings. The van der Waals surface area contributed by atoms with Crippen LogP contribution in [0.4, 0.5) is 5.69 Å². The van der Waals surface area contributed by atoms with Crippen molar-refractivity contribution < 1.29 is 8.42 Å². The number of hydrogen-bond acceptors (Lipinski definition) is 5. The normalized spacial score (nSPS) is 15.6. The van der Waals surface area contributed by atoms with Gasteiger partial charge in [-0.25, -0.2) is 13.1 Å². The molecule has 0 atom stereocenters. The van der Waals surface area contributed by atoms with E-state index in [1.165, 1.54) is 17.0 Å². The predicted octanol–water partition coefficient (Wildman–Crippen LogP) is 0.252. The number of rotatable bonds is 6. The van der Waals surface area contributed by atoms with Gasteiger partial charge >= 0.3 is 0 Å². The number of nitrogens with zero attached hydrogens (tertiary/aromatic N) is 2. The quantitative estimate of drug-likeness (QED) is 0.802. The molecule has 0 radical (unpaired) electrons. The van der Waals surface area contributed by atoms with Crippen molar-refractivity contribution in [2.75, 3.05) is 17.3 Å². The van der Waals surface area contributed by atoms with Gasteiger partial charge in [0.25, 0.3) is 5.56 Å². The molecule has 2 rings (SSSR count). The van der Waals surface area contributed by atoms with Crippen LogP contribution in [-0.4, -0.2) is 36.2 Å². The van der Waals surface area contributed by atoms with Crippen LogP contribution in [0.5, 0.6) is 0 Å². The van der Waals surface area contributed by atoms with Crippen molar-refractivity contribution in [3.63, 3.8) is 0 Å². The van der Waals surface area contributed by atoms with Gasteiger partial charge in [-0.15, -0.1) is 0 Å². The molecule has 0 saturated heterocycles. The zero-order valence-electron chi connectivity index (χ0n) is 10.3. The first-order chi connectivity index (χ1) is 8.44. The Balaban J connectivity index is 1.94. The maximum absolute atomic E-state index is 11.7. The maximum Gasteiger partial charge on any atom is 0.268 e. The lowest BCUT2D eigenvalue weighted by Gasteiger charge is -2.06. The summed E-state index contributed by atoms with van der Waals surface area (Å²) in [7, 11) is -2.98. The van der Waals surface area contributed by atoms with Gasteiger partial charge in [0.05, 0.1) is 17.6 Å². The summed E-state index contributed by atoms with van der Waals surface area (Å²) in [5.41, 5.74) is 0.538. The number of aryl methyl sites for hydroxylation is 1. The SMILES string of the molecule is CS(=O)(=O)CCCn1ncc(NC2CC2)cc1=O. The van der Waals surface area contributed by atoms with Crippen LogP contribution < -0.4 is 10.9 Å². The van der Waals surface area contributed by atoms with E-state index in [2.05, 4.69) is 10.4 Å². The molecular formula is C11H17N3O3S. The van der Waals surface area contributed by atoms with E-state index in [9.17, 15) is 13.2 Å². The van der Waals surface area contributed by atoms with Crippen LogP contribution in [0.2, 0.25) is 0 Å². The summed E-state index contributed by atoms with van der Waals surface area (Å²) in [6.07, 6.45) is 5.47. The van der Waals surface area contributed by atoms with Crippen LogP contribution in [0, 0.1) is 0 Å². The molecule has 1 fully saturated rings. The number of hydrogen-bond donors (Lipinski definition) is 1. The van der Waals surface area contributed by atoms with Gasteiger partial charge in [0.15, 0.2) is 0 Å². The molecule has 1 aliphatic rings. The van der Waals surface area contributed by atoms with Gasteiger partial charge in [0, 0.05) is 24.9 Å². The molecule has 1 heterocycles. The average molecular weight is 271 g/mol. The molecule has 0 bridgehead atoms. The fourth-order valence-electron chi connectivity index (χ4n) is 1.62. The third-order valence-corrected chi connectivity index (χ3v) is 3.73. The highest BCUT2D eigenvalue weighted by atomic mass is 32.2. The summed E-state index contributed by atoms with van der Waals surface area (Å²) in [6.45, 7) is 0.329. The topological polar surface area (TPSA) is 81.1 Å². The second kappa shape index (κ2) is 5.09. The maximum atomic E-state index is 11.7. The Hall–Kier alpha value is -1.37. The number of anilines is 1. The number of sulfone groups is 1. The number of nitrogens with one attached hydrogen (secondary N) is 1. The largest absolute Gasteiger partial charge is 0.381 e. The smallest absolute Gasteiger partial charge is 0.268 e. The van der Waals surface area contributed by atoms with Gasteiger partial charge < -0.3 is 5.32 Å². The summed E-state index contributed by atoms with van der Waals surface area (Å²) in [6, 6.07) is 1.98. The molecule has 0 amide bonds. The summed E-state index contributed by atoms with van der Waals surface area (Å²) in [5, 5.41) is 7.22. The molecule has 18 heavy (non-hydrogen) atoms. The Morgan fingerprint density at radius 2 is 2.22 bits per heavy atom. The molecule has 0 aromatic carbocycles. The molecule has 0 unspecified atom stereocenters. The Kier molecular flexibility index (Phi) is 3.70. The van der Waals surface area contributed by atoms with Crippen LogP contribution in [-0.2, 0) is 16.4 Å². The Bertz CT molecular complexity index is 575. The minimum atomic E-state index is -2.98. The van der Waals surface area contributed by atoms with Gasteiger partial charge in [-0.2, -0.15) is 5.10 Å². The molecule has 6 nitrogen and oxygen atoms in total. The molecule has 1 saturated carbocycles. The molecule has 1 aromatic heterocycles. The van der Waals surface area contributed by atoms with Crippen LogP contribution >= 0.6 is 0 Å². The van der Waals surface area contributed by atoms with Crippen LogP contribution in [0.3, 0.4) is 0 Å². The summed E-state index contributed by atoms with van der Waals surface area (Å²) in [4.78, 5) is 11.7. The lowest BCUT2D eigenvalue weighted by Crippen LogP contribution is -2.24. The molecule has 1 aliphatic carbocycles. The van der Waals surface area contributed by atoms with Gasteiger partial charge in [-0.3, -0.25) is 4.79 Å². The van der Waals surface area contributed by atoms with Crippen molar-refractivity contribution in [1.82, 2.24) is 9.78 Å². The monoisotopic (exact) mass is 271 g/mol. The molecule has 1 N–H and O–H groups in total. The Morgan fingerprint density at radius 1 is 1.50 bits per heavy atom. The third-order valence-electron chi connectivity index (χ3n) is 2.70. The summed E-state index contributed by atoms with van der Waals surface area (Å²) >= 11 is 0. The van der Waals surface area contributed by atoms with Crippen molar-refractivity contribution >= 4 is 15.5 Å². The fourth-order valence-corrected chi connectivity index (χ4v) is 2.27. The highest BCUT2D eigenvalue weighted by Crippen LogP contribution is 2.23. The van der Waals surface area contributed by atoms with E-state index >= 15 is 0 Å². The molecule has 0 spiro atoms. The van der Waals surface area contributed by atoms with Gasteiger partial charge in [0.1, 0.15) is 9.84 Å². The average Bonchev–Trinajstić information content (AvgIpc) is 3.03. The van der Waals surface area contributed by atoms with Crippen LogP contribution in [0.15, 0.2) is 17.1 Å². The molecular weight excluding hydrogens is 254 g/mol. The standard InChI is InChI=1S/C11H17N3O3S/c1-18(16,17)6-2-5-14-11(15)7-10(8-12-14)13-9-3-4-9/h7-9,13H,2-6H2,1H3. The highest BCUT2D eigenvalue weighted by Gasteiger charge is 2.21. The van der Waals surface area contributed by atoms with Crippen molar-refractivity contribution in [2.24, 2.45) is 0 Å². The summed E-state index contributed by atoms with van der Waals surface area (Å²) in [5.74, 6) is 0.0726. The van der Waals surface area contributed by atoms with Gasteiger partial charge in [-0.1, -0.05) is 0 Å². The lowest BCUT2D eigenvalue weighted by molar-refractivity contribution is 0.556. The zero-order valence-corrected chi connectivity index (χ0v) is 11.1. The van der Waals surface area contributed by atoms with E-state index in [1.54, 1.807) is 6.20 Å². The van der Waals surface area contributed by atoms with Crippen LogP contribution in [0.25, 0.3) is 0 Å². The van der Waals surface area contributed by atoms with Gasteiger partial charge in [0.2, 0.25) is 0 Å². The number of aromatic nitrogens is 2. The fraction of sp³-hybridized carbons (Fsp3) is 0.636. The first kappa shape index (κ1) is 13.1. The second-order valence-electron chi connectivity index (χ2n) is 4.71. The minimum absolute atomic E-state index is 0.0726. The Labute approximate surface area is 106 Å². The summed E-state index contributed by atoms with van der Waals surface area (Å²) < 4.78 is 23.2. The van der Waals surface area contributed by atoms with Crippen LogP contribution in [0.1, 0.15) is 19.3 Å². The van der Waals surface area contributed by atoms with Crippen molar-refractivity contribution in [1.29, 1.82) is 0 Å². The predicted molar refractivity (Wildman–Crippen MR) is 69.5 cm³/mol.